The number of benzene rings is 2. The molecule has 3 heterocycles. The average Bonchev–Trinajstić information content (AvgIpc) is 3.84. The van der Waals surface area contributed by atoms with Crippen LogP contribution < -0.4 is 21.7 Å². The van der Waals surface area contributed by atoms with E-state index in [4.69, 9.17) is 5.73 Å². The average molecular weight is 642 g/mol. The third kappa shape index (κ3) is 8.61. The Kier molecular flexibility index (Phi) is 10.3. The Morgan fingerprint density at radius 2 is 1.30 bits per heavy atom. The number of aliphatic carboxylic acids is 1. The third-order valence-electron chi connectivity index (χ3n) is 7.67. The van der Waals surface area contributed by atoms with Crippen molar-refractivity contribution in [3.05, 3.63) is 102 Å². The number of carboxylic acids is 1. The van der Waals surface area contributed by atoms with Gasteiger partial charge in [0.2, 0.25) is 17.7 Å². The Morgan fingerprint density at radius 1 is 0.723 bits per heavy atom. The zero-order valence-corrected chi connectivity index (χ0v) is 25.1. The van der Waals surface area contributed by atoms with E-state index >= 15 is 0 Å². The van der Waals surface area contributed by atoms with E-state index in [1.54, 1.807) is 18.3 Å². The lowest BCUT2D eigenvalue weighted by Crippen LogP contribution is -2.58. The minimum absolute atomic E-state index is 0.00248. The van der Waals surface area contributed by atoms with Crippen molar-refractivity contribution < 1.29 is 29.4 Å². The van der Waals surface area contributed by atoms with Crippen molar-refractivity contribution in [2.45, 2.75) is 49.9 Å². The molecule has 2 aromatic carbocycles. The molecule has 0 aliphatic heterocycles. The number of hydrogen-bond acceptors (Lipinski definition) is 8. The Morgan fingerprint density at radius 3 is 1.91 bits per heavy atom. The van der Waals surface area contributed by atoms with Gasteiger partial charge in [0.15, 0.2) is 0 Å². The van der Waals surface area contributed by atoms with Gasteiger partial charge in [-0.2, -0.15) is 0 Å². The van der Waals surface area contributed by atoms with Crippen LogP contribution in [0.1, 0.15) is 22.5 Å². The first-order valence-corrected chi connectivity index (χ1v) is 14.8. The minimum atomic E-state index is -1.33. The van der Waals surface area contributed by atoms with Crippen LogP contribution in [-0.2, 0) is 44.9 Å². The number of aromatic nitrogens is 5. The van der Waals surface area contributed by atoms with Crippen LogP contribution in [0.15, 0.2) is 79.8 Å². The molecular weight excluding hydrogens is 606 g/mol. The maximum absolute atomic E-state index is 13.8. The van der Waals surface area contributed by atoms with Gasteiger partial charge in [0.05, 0.1) is 18.7 Å². The standard InChI is InChI=1S/C32H35N9O6/c33-24(10-19-13-36-25-4-2-1-3-23(19)25)29(43)39-27(11-20-14-34-16-37-20)31(45)40-26(9-18-5-7-22(42)8-6-18)30(44)41-28(32(46)47)12-21-15-35-17-38-21/h1-8,13-17,24,26-28,36,42H,9-12,33H2,(H,34,37)(H,35,38)(H,39,43)(H,40,45)(H,41,44)(H,46,47). The fourth-order valence-corrected chi connectivity index (χ4v) is 5.17. The summed E-state index contributed by atoms with van der Waals surface area (Å²) in [6, 6.07) is 8.88. The van der Waals surface area contributed by atoms with Crippen LogP contribution in [0, 0.1) is 0 Å². The number of aromatic hydroxyl groups is 1. The summed E-state index contributed by atoms with van der Waals surface area (Å²) in [5.74, 6) is -3.32. The van der Waals surface area contributed by atoms with E-state index in [1.807, 2.05) is 24.3 Å². The van der Waals surface area contributed by atoms with Crippen molar-refractivity contribution in [2.75, 3.05) is 0 Å². The summed E-state index contributed by atoms with van der Waals surface area (Å²) in [4.78, 5) is 69.4. The quantitative estimate of drug-likeness (QED) is 0.0769. The number of phenols is 1. The Hall–Kier alpha value is -5.96. The number of hydrogen-bond donors (Lipinski definition) is 9. The molecule has 47 heavy (non-hydrogen) atoms. The second-order valence-electron chi connectivity index (χ2n) is 11.1. The summed E-state index contributed by atoms with van der Waals surface area (Å²) in [6.07, 6.45) is 7.65. The largest absolute Gasteiger partial charge is 0.508 e. The molecule has 15 nitrogen and oxygen atoms in total. The van der Waals surface area contributed by atoms with Gasteiger partial charge < -0.3 is 46.8 Å². The van der Waals surface area contributed by atoms with Gasteiger partial charge >= 0.3 is 5.97 Å². The van der Waals surface area contributed by atoms with Crippen LogP contribution in [0.3, 0.4) is 0 Å². The minimum Gasteiger partial charge on any atom is -0.508 e. The van der Waals surface area contributed by atoms with E-state index in [0.29, 0.717) is 17.0 Å². The van der Waals surface area contributed by atoms with E-state index in [0.717, 1.165) is 16.5 Å². The number of carboxylic acid groups (broad SMARTS) is 1. The van der Waals surface area contributed by atoms with Crippen molar-refractivity contribution in [1.29, 1.82) is 0 Å². The summed E-state index contributed by atoms with van der Waals surface area (Å²) in [6.45, 7) is 0. The molecule has 0 saturated carbocycles. The van der Waals surface area contributed by atoms with E-state index in [1.165, 1.54) is 37.2 Å². The molecule has 5 rings (SSSR count). The lowest BCUT2D eigenvalue weighted by Gasteiger charge is -2.25. The van der Waals surface area contributed by atoms with Crippen LogP contribution >= 0.6 is 0 Å². The van der Waals surface area contributed by atoms with E-state index < -0.39 is 47.9 Å². The summed E-state index contributed by atoms with van der Waals surface area (Å²) < 4.78 is 0. The zero-order valence-electron chi connectivity index (χ0n) is 25.1. The smallest absolute Gasteiger partial charge is 0.326 e. The second kappa shape index (κ2) is 14.9. The number of H-pyrrole nitrogens is 3. The fraction of sp³-hybridized carbons (Fsp3) is 0.250. The molecule has 15 heteroatoms. The number of imidazole rings is 2. The maximum atomic E-state index is 13.8. The molecule has 0 aliphatic rings. The molecular formula is C32H35N9O6. The first kappa shape index (κ1) is 32.4. The van der Waals surface area contributed by atoms with Crippen LogP contribution in [0.5, 0.6) is 5.75 Å². The molecule has 0 spiro atoms. The molecule has 244 valence electrons. The topological polar surface area (TPSA) is 244 Å². The highest BCUT2D eigenvalue weighted by Gasteiger charge is 2.31. The molecule has 10 N–H and O–H groups in total. The highest BCUT2D eigenvalue weighted by atomic mass is 16.4. The zero-order chi connectivity index (χ0) is 33.3. The monoisotopic (exact) mass is 641 g/mol. The highest BCUT2D eigenvalue weighted by molar-refractivity contribution is 5.94. The Bertz CT molecular complexity index is 1800. The van der Waals surface area contributed by atoms with Gasteiger partial charge in [-0.25, -0.2) is 14.8 Å². The van der Waals surface area contributed by atoms with Crippen LogP contribution in [0.25, 0.3) is 10.9 Å². The number of carbonyl (C=O) groups excluding carboxylic acids is 3. The molecule has 5 aromatic rings. The van der Waals surface area contributed by atoms with Gasteiger partial charge in [0, 0.05) is 60.1 Å². The number of nitrogens with one attached hydrogen (secondary N) is 6. The van der Waals surface area contributed by atoms with Gasteiger partial charge in [-0.15, -0.1) is 0 Å². The fourth-order valence-electron chi connectivity index (χ4n) is 5.17. The molecule has 0 saturated heterocycles. The van der Waals surface area contributed by atoms with Crippen molar-refractivity contribution in [3.8, 4) is 5.75 Å². The summed E-state index contributed by atoms with van der Waals surface area (Å²) >= 11 is 0. The van der Waals surface area contributed by atoms with Gasteiger partial charge in [0.1, 0.15) is 23.9 Å². The number of aromatic amines is 3. The van der Waals surface area contributed by atoms with E-state index in [2.05, 4.69) is 40.9 Å². The summed E-state index contributed by atoms with van der Waals surface area (Å²) in [5.41, 5.74) is 9.65. The first-order valence-electron chi connectivity index (χ1n) is 14.8. The van der Waals surface area contributed by atoms with Crippen molar-refractivity contribution in [3.63, 3.8) is 0 Å². The predicted molar refractivity (Wildman–Crippen MR) is 170 cm³/mol. The van der Waals surface area contributed by atoms with Gasteiger partial charge in [-0.3, -0.25) is 14.4 Å². The van der Waals surface area contributed by atoms with Crippen LogP contribution in [-0.4, -0.2) is 83.0 Å². The molecule has 3 amide bonds. The number of amides is 3. The molecule has 0 fully saturated rings. The molecule has 0 aliphatic carbocycles. The van der Waals surface area contributed by atoms with Crippen molar-refractivity contribution in [1.82, 2.24) is 40.9 Å². The number of nitrogens with two attached hydrogens (primary N) is 1. The highest BCUT2D eigenvalue weighted by Crippen LogP contribution is 2.19. The van der Waals surface area contributed by atoms with Gasteiger partial charge in [-0.05, 0) is 35.7 Å². The predicted octanol–water partition coefficient (Wildman–Crippen LogP) is 0.457. The number of phenolic OH excluding ortho intramolecular Hbond substituents is 1. The number of carbonyl (C=O) groups is 4. The van der Waals surface area contributed by atoms with E-state index in [9.17, 15) is 29.4 Å². The van der Waals surface area contributed by atoms with Crippen LogP contribution in [0.4, 0.5) is 0 Å². The van der Waals surface area contributed by atoms with Crippen molar-refractivity contribution >= 4 is 34.6 Å². The summed E-state index contributed by atoms with van der Waals surface area (Å²) in [5, 5.41) is 28.4. The summed E-state index contributed by atoms with van der Waals surface area (Å²) in [7, 11) is 0. The number of rotatable bonds is 15. The van der Waals surface area contributed by atoms with Gasteiger partial charge in [0.25, 0.3) is 0 Å². The normalized spacial score (nSPS) is 13.7. The van der Waals surface area contributed by atoms with Crippen LogP contribution in [0.2, 0.25) is 0 Å². The van der Waals surface area contributed by atoms with E-state index in [-0.39, 0.29) is 31.4 Å². The first-order chi connectivity index (χ1) is 22.7. The number of fused-ring (bicyclic) bond motifs is 1. The Balaban J connectivity index is 1.33. The number of para-hydroxylation sites is 1. The lowest BCUT2D eigenvalue weighted by molar-refractivity contribution is -0.142. The Labute approximate surface area is 268 Å². The SMILES string of the molecule is NC(Cc1c[nH]c2ccccc12)C(=O)NC(Cc1cnc[nH]1)C(=O)NC(Cc1ccc(O)cc1)C(=O)NC(Cc1cnc[nH]1)C(=O)O. The lowest BCUT2D eigenvalue weighted by atomic mass is 10.0. The molecule has 0 bridgehead atoms. The van der Waals surface area contributed by atoms with Gasteiger partial charge in [-0.1, -0.05) is 30.3 Å². The molecule has 3 aromatic heterocycles. The molecule has 0 radical (unpaired) electrons. The second-order valence-corrected chi connectivity index (χ2v) is 11.1. The number of nitrogens with zero attached hydrogens (tertiary/aromatic N) is 2. The third-order valence-corrected chi connectivity index (χ3v) is 7.67. The van der Waals surface area contributed by atoms with Crippen molar-refractivity contribution in [2.24, 2.45) is 5.73 Å². The maximum Gasteiger partial charge on any atom is 0.326 e. The molecule has 4 unspecified atom stereocenters. The molecule has 4 atom stereocenters.